The third-order valence-electron chi connectivity index (χ3n) is 1.74. The van der Waals surface area contributed by atoms with Gasteiger partial charge in [0.05, 0.1) is 12.1 Å². The van der Waals surface area contributed by atoms with Crippen LogP contribution in [-0.2, 0) is 9.59 Å². The molecule has 0 aromatic rings. The van der Waals surface area contributed by atoms with Crippen LogP contribution in [0.2, 0.25) is 0 Å². The molecule has 2 amide bonds. The molecule has 6 nitrogen and oxygen atoms in total. The molecule has 6 N–H and O–H groups in total. The minimum Gasteiger partial charge on any atom is -0.358 e. The van der Waals surface area contributed by atoms with Crippen LogP contribution in [0.3, 0.4) is 0 Å². The molecule has 0 fully saturated rings. The average molecular weight is 266 g/mol. The molecule has 8 heteroatoms. The quantitative estimate of drug-likeness (QED) is 0.330. The summed E-state index contributed by atoms with van der Waals surface area (Å²) in [5.41, 5.74) is 11.1. The first-order valence-corrected chi connectivity index (χ1v) is 7.20. The second-order valence-electron chi connectivity index (χ2n) is 3.01. The van der Waals surface area contributed by atoms with Crippen molar-refractivity contribution in [2.75, 3.05) is 25.6 Å². The van der Waals surface area contributed by atoms with Gasteiger partial charge in [0, 0.05) is 25.6 Å². The highest BCUT2D eigenvalue weighted by Crippen LogP contribution is 2.22. The van der Waals surface area contributed by atoms with Crippen molar-refractivity contribution in [1.29, 1.82) is 0 Å². The fourth-order valence-corrected chi connectivity index (χ4v) is 3.01. The largest absolute Gasteiger partial charge is 0.358 e. The van der Waals surface area contributed by atoms with Crippen molar-refractivity contribution in [3.8, 4) is 0 Å². The summed E-state index contributed by atoms with van der Waals surface area (Å²) in [4.78, 5) is 22.1. The Bertz CT molecular complexity index is 216. The summed E-state index contributed by atoms with van der Waals surface area (Å²) in [5.74, 6) is 0.600. The van der Waals surface area contributed by atoms with E-state index in [2.05, 4.69) is 10.6 Å². The predicted molar refractivity (Wildman–Crippen MR) is 69.0 cm³/mol. The summed E-state index contributed by atoms with van der Waals surface area (Å²) < 4.78 is 0. The average Bonchev–Trinajstić information content (AvgIpc) is 2.31. The van der Waals surface area contributed by atoms with Crippen molar-refractivity contribution in [3.63, 3.8) is 0 Å². The second kappa shape index (κ2) is 8.68. The maximum absolute atomic E-state index is 11.0. The number of amides is 2. The molecule has 0 spiro atoms. The first-order chi connectivity index (χ1) is 7.52. The van der Waals surface area contributed by atoms with Crippen LogP contribution in [0.1, 0.15) is 0 Å². The second-order valence-corrected chi connectivity index (χ2v) is 5.56. The molecule has 0 aliphatic rings. The van der Waals surface area contributed by atoms with E-state index in [0.717, 1.165) is 0 Å². The van der Waals surface area contributed by atoms with Crippen molar-refractivity contribution in [2.24, 2.45) is 11.5 Å². The number of carbonyl (C=O) groups excluding carboxylic acids is 2. The SMILES string of the molecule is CNC(=O)[C@@H](N)CSSC[C@H](N)C(=O)NC. The Labute approximate surface area is 103 Å². The number of nitrogens with two attached hydrogens (primary N) is 2. The Balaban J connectivity index is 3.60. The molecule has 0 radical (unpaired) electrons. The van der Waals surface area contributed by atoms with Crippen molar-refractivity contribution in [1.82, 2.24) is 10.6 Å². The maximum atomic E-state index is 11.0. The molecule has 0 bridgehead atoms. The number of carbonyl (C=O) groups is 2. The van der Waals surface area contributed by atoms with Gasteiger partial charge in [-0.2, -0.15) is 0 Å². The molecule has 0 saturated carbocycles. The van der Waals surface area contributed by atoms with Crippen LogP contribution < -0.4 is 22.1 Å². The Morgan fingerprint density at radius 3 is 1.56 bits per heavy atom. The van der Waals surface area contributed by atoms with Gasteiger partial charge in [-0.05, 0) is 0 Å². The Hall–Kier alpha value is -0.440. The minimum atomic E-state index is -0.529. The van der Waals surface area contributed by atoms with E-state index >= 15 is 0 Å². The Kier molecular flexibility index (Phi) is 8.44. The molecule has 16 heavy (non-hydrogen) atoms. The number of nitrogens with one attached hydrogen (secondary N) is 2. The normalized spacial score (nSPS) is 14.0. The van der Waals surface area contributed by atoms with Gasteiger partial charge in [0.15, 0.2) is 0 Å². The Morgan fingerprint density at radius 1 is 1.00 bits per heavy atom. The van der Waals surface area contributed by atoms with Crippen molar-refractivity contribution < 1.29 is 9.59 Å². The minimum absolute atomic E-state index is 0.191. The van der Waals surface area contributed by atoms with Gasteiger partial charge in [0.2, 0.25) is 11.8 Å². The molecule has 94 valence electrons. The van der Waals surface area contributed by atoms with Crippen molar-refractivity contribution >= 4 is 33.4 Å². The summed E-state index contributed by atoms with van der Waals surface area (Å²) in [6.45, 7) is 0. The lowest BCUT2D eigenvalue weighted by Gasteiger charge is -2.11. The first kappa shape index (κ1) is 15.6. The zero-order chi connectivity index (χ0) is 12.6. The van der Waals surface area contributed by atoms with Gasteiger partial charge in [-0.3, -0.25) is 9.59 Å². The maximum Gasteiger partial charge on any atom is 0.237 e. The molecule has 0 saturated heterocycles. The van der Waals surface area contributed by atoms with Crippen LogP contribution in [0.25, 0.3) is 0 Å². The molecule has 0 aliphatic heterocycles. The lowest BCUT2D eigenvalue weighted by Crippen LogP contribution is -2.41. The number of hydrogen-bond donors (Lipinski definition) is 4. The van der Waals surface area contributed by atoms with E-state index in [4.69, 9.17) is 11.5 Å². The van der Waals surface area contributed by atoms with Gasteiger partial charge in [0.1, 0.15) is 0 Å². The molecule has 2 atom stereocenters. The van der Waals surface area contributed by atoms with E-state index in [9.17, 15) is 9.59 Å². The van der Waals surface area contributed by atoms with Crippen LogP contribution in [0.5, 0.6) is 0 Å². The third-order valence-corrected chi connectivity index (χ3v) is 4.22. The van der Waals surface area contributed by atoms with Crippen LogP contribution in [0.15, 0.2) is 0 Å². The predicted octanol–water partition coefficient (Wildman–Crippen LogP) is -1.49. The van der Waals surface area contributed by atoms with Gasteiger partial charge in [-0.25, -0.2) is 0 Å². The van der Waals surface area contributed by atoms with Crippen LogP contribution >= 0.6 is 21.6 Å². The highest BCUT2D eigenvalue weighted by Gasteiger charge is 2.14. The Morgan fingerprint density at radius 2 is 1.31 bits per heavy atom. The lowest BCUT2D eigenvalue weighted by molar-refractivity contribution is -0.122. The summed E-state index contributed by atoms with van der Waals surface area (Å²) in [6.07, 6.45) is 0. The molecule has 0 aromatic heterocycles. The topological polar surface area (TPSA) is 110 Å². The van der Waals surface area contributed by atoms with Crippen LogP contribution in [-0.4, -0.2) is 49.5 Å². The van der Waals surface area contributed by atoms with Crippen molar-refractivity contribution in [2.45, 2.75) is 12.1 Å². The van der Waals surface area contributed by atoms with Crippen LogP contribution in [0, 0.1) is 0 Å². The van der Waals surface area contributed by atoms with Gasteiger partial charge in [0.25, 0.3) is 0 Å². The van der Waals surface area contributed by atoms with E-state index in [1.807, 2.05) is 0 Å². The van der Waals surface area contributed by atoms with E-state index in [1.165, 1.54) is 21.6 Å². The molecule has 0 rings (SSSR count). The standard InChI is InChI=1S/C8H18N4O2S2/c1-11-7(13)5(9)3-15-16-4-6(10)8(14)12-2/h5-6H,3-4,9-10H2,1-2H3,(H,11,13)(H,12,14)/t5-,6-/m0/s1. The highest BCUT2D eigenvalue weighted by atomic mass is 33.1. The zero-order valence-corrected chi connectivity index (χ0v) is 11.0. The molecule has 0 aromatic carbocycles. The highest BCUT2D eigenvalue weighted by molar-refractivity contribution is 8.76. The lowest BCUT2D eigenvalue weighted by atomic mass is 10.3. The van der Waals surface area contributed by atoms with E-state index in [-0.39, 0.29) is 11.8 Å². The van der Waals surface area contributed by atoms with Gasteiger partial charge >= 0.3 is 0 Å². The molecular weight excluding hydrogens is 248 g/mol. The van der Waals surface area contributed by atoms with E-state index in [1.54, 1.807) is 14.1 Å². The van der Waals surface area contributed by atoms with Gasteiger partial charge in [-0.15, -0.1) is 0 Å². The summed E-state index contributed by atoms with van der Waals surface area (Å²) >= 11 is 0. The summed E-state index contributed by atoms with van der Waals surface area (Å²) in [7, 11) is 5.95. The molecule has 0 heterocycles. The fraction of sp³-hybridized carbons (Fsp3) is 0.750. The van der Waals surface area contributed by atoms with Crippen LogP contribution in [0.4, 0.5) is 0 Å². The zero-order valence-electron chi connectivity index (χ0n) is 9.36. The third kappa shape index (κ3) is 6.21. The smallest absolute Gasteiger partial charge is 0.237 e. The van der Waals surface area contributed by atoms with Gasteiger partial charge < -0.3 is 22.1 Å². The van der Waals surface area contributed by atoms with E-state index < -0.39 is 12.1 Å². The summed E-state index contributed by atoms with van der Waals surface area (Å²) in [5, 5.41) is 4.93. The van der Waals surface area contributed by atoms with E-state index in [0.29, 0.717) is 11.5 Å². The number of likely N-dealkylation sites (N-methyl/N-ethyl adjacent to an activating group) is 2. The number of rotatable bonds is 7. The molecule has 0 unspecified atom stereocenters. The fourth-order valence-electron chi connectivity index (χ4n) is 0.765. The van der Waals surface area contributed by atoms with Gasteiger partial charge in [-0.1, -0.05) is 21.6 Å². The number of hydrogen-bond acceptors (Lipinski definition) is 6. The monoisotopic (exact) mass is 266 g/mol. The first-order valence-electron chi connectivity index (χ1n) is 4.71. The molecule has 0 aliphatic carbocycles. The summed E-state index contributed by atoms with van der Waals surface area (Å²) in [6, 6.07) is -1.06. The molecular formula is C8H18N4O2S2. The van der Waals surface area contributed by atoms with Crippen molar-refractivity contribution in [3.05, 3.63) is 0 Å².